The zero-order valence-corrected chi connectivity index (χ0v) is 22.4. The highest BCUT2D eigenvalue weighted by Gasteiger charge is 2.31. The van der Waals surface area contributed by atoms with Crippen LogP contribution >= 0.6 is 11.6 Å². The van der Waals surface area contributed by atoms with Gasteiger partial charge >= 0.3 is 0 Å². The van der Waals surface area contributed by atoms with Crippen molar-refractivity contribution in [3.63, 3.8) is 0 Å². The number of aromatic amines is 1. The van der Waals surface area contributed by atoms with Crippen molar-refractivity contribution in [3.8, 4) is 17.0 Å². The maximum Gasteiger partial charge on any atom is 0.227 e. The minimum Gasteiger partial charge on any atom is -0.494 e. The van der Waals surface area contributed by atoms with Gasteiger partial charge < -0.3 is 19.9 Å². The number of hydrogen-bond donors (Lipinski definition) is 2. The maximum atomic E-state index is 13.7. The highest BCUT2D eigenvalue weighted by Crippen LogP contribution is 2.37. The van der Waals surface area contributed by atoms with Gasteiger partial charge in [0.05, 0.1) is 29.7 Å². The van der Waals surface area contributed by atoms with Crippen molar-refractivity contribution in [3.05, 3.63) is 59.4 Å². The molecule has 4 heterocycles. The number of nitrogens with one attached hydrogen (secondary N) is 2. The summed E-state index contributed by atoms with van der Waals surface area (Å²) in [6.07, 6.45) is 5.64. The number of methoxy groups -OCH3 is 1. The van der Waals surface area contributed by atoms with Crippen molar-refractivity contribution in [2.24, 2.45) is 0 Å². The lowest BCUT2D eigenvalue weighted by molar-refractivity contribution is 0.192. The third-order valence-corrected chi connectivity index (χ3v) is 8.11. The van der Waals surface area contributed by atoms with Crippen molar-refractivity contribution in [2.75, 3.05) is 43.5 Å². The summed E-state index contributed by atoms with van der Waals surface area (Å²) in [5.41, 5.74) is 5.70. The van der Waals surface area contributed by atoms with E-state index in [1.54, 1.807) is 13.3 Å². The Bertz CT molecular complexity index is 1450. The Morgan fingerprint density at radius 2 is 1.95 bits per heavy atom. The molecule has 2 aliphatic rings. The van der Waals surface area contributed by atoms with Crippen LogP contribution in [0.3, 0.4) is 0 Å². The van der Waals surface area contributed by atoms with E-state index in [0.29, 0.717) is 35.7 Å². The molecule has 2 N–H and O–H groups in total. The van der Waals surface area contributed by atoms with Gasteiger partial charge in [0.1, 0.15) is 11.9 Å². The first-order chi connectivity index (χ1) is 18.5. The van der Waals surface area contributed by atoms with Crippen LogP contribution < -0.4 is 15.0 Å². The molecule has 0 bridgehead atoms. The molecule has 7 nitrogen and oxygen atoms in total. The highest BCUT2D eigenvalue weighted by atomic mass is 35.5. The Hall–Kier alpha value is -3.36. The Morgan fingerprint density at radius 1 is 1.13 bits per heavy atom. The van der Waals surface area contributed by atoms with Gasteiger partial charge in [0.15, 0.2) is 0 Å². The second kappa shape index (κ2) is 10.4. The molecule has 1 atom stereocenters. The molecule has 0 radical (unpaired) electrons. The summed E-state index contributed by atoms with van der Waals surface area (Å²) in [7, 11) is 1.67. The van der Waals surface area contributed by atoms with Crippen molar-refractivity contribution in [2.45, 2.75) is 38.4 Å². The van der Waals surface area contributed by atoms with Crippen molar-refractivity contribution >= 4 is 39.8 Å². The second-order valence-electron chi connectivity index (χ2n) is 10.2. The molecule has 4 aromatic rings. The molecule has 0 spiro atoms. The summed E-state index contributed by atoms with van der Waals surface area (Å²) in [4.78, 5) is 17.2. The minimum atomic E-state index is -0.664. The SMILES string of the molecule is COc1cc(N2CCC(N3CCC(F)C3)CC2)c(C)cc1Nc1ncc(Cl)c(-c2c[nH]c3ccccc23)n1. The molecule has 2 aromatic carbocycles. The van der Waals surface area contributed by atoms with Gasteiger partial charge in [-0.25, -0.2) is 14.4 Å². The molecule has 6 rings (SSSR count). The van der Waals surface area contributed by atoms with Crippen LogP contribution in [0.15, 0.2) is 48.8 Å². The molecule has 0 saturated carbocycles. The molecular formula is C29H32ClFN6O. The van der Waals surface area contributed by atoms with Gasteiger partial charge in [0.2, 0.25) is 5.95 Å². The smallest absolute Gasteiger partial charge is 0.227 e. The molecule has 198 valence electrons. The molecule has 2 aromatic heterocycles. The molecular weight excluding hydrogens is 503 g/mol. The van der Waals surface area contributed by atoms with E-state index in [0.717, 1.165) is 71.6 Å². The van der Waals surface area contributed by atoms with Gasteiger partial charge in [-0.1, -0.05) is 29.8 Å². The predicted molar refractivity (Wildman–Crippen MR) is 152 cm³/mol. The summed E-state index contributed by atoms with van der Waals surface area (Å²) >= 11 is 6.52. The van der Waals surface area contributed by atoms with Gasteiger partial charge in [0.25, 0.3) is 0 Å². The molecule has 0 aliphatic carbocycles. The molecule has 2 fully saturated rings. The first-order valence-corrected chi connectivity index (χ1v) is 13.6. The number of aryl methyl sites for hydroxylation is 1. The van der Waals surface area contributed by atoms with Crippen molar-refractivity contribution < 1.29 is 9.13 Å². The summed E-state index contributed by atoms with van der Waals surface area (Å²) in [5, 5.41) is 4.88. The topological polar surface area (TPSA) is 69.3 Å². The maximum absolute atomic E-state index is 13.7. The molecule has 2 saturated heterocycles. The summed E-state index contributed by atoms with van der Waals surface area (Å²) in [6, 6.07) is 12.7. The summed E-state index contributed by atoms with van der Waals surface area (Å²) < 4.78 is 19.5. The highest BCUT2D eigenvalue weighted by molar-refractivity contribution is 6.33. The molecule has 9 heteroatoms. The van der Waals surface area contributed by atoms with Crippen LogP contribution in [-0.2, 0) is 0 Å². The van der Waals surface area contributed by atoms with Crippen LogP contribution in [0.25, 0.3) is 22.2 Å². The summed E-state index contributed by atoms with van der Waals surface area (Å²) in [6.45, 7) is 5.48. The quantitative estimate of drug-likeness (QED) is 0.300. The van der Waals surface area contributed by atoms with E-state index in [1.165, 1.54) is 0 Å². The van der Waals surface area contributed by atoms with E-state index in [9.17, 15) is 4.39 Å². The van der Waals surface area contributed by atoms with E-state index >= 15 is 0 Å². The fourth-order valence-electron chi connectivity index (χ4n) is 5.84. The standard InChI is InChI=1S/C29H32ClFN6O/c1-18-13-25(27(38-2)14-26(18)36-11-8-20(9-12-36)37-10-7-19(31)17-37)34-29-33-16-23(30)28(35-29)22-15-32-24-6-4-3-5-21(22)24/h3-6,13-16,19-20,32H,7-12,17H2,1-2H3,(H,33,34,35). The lowest BCUT2D eigenvalue weighted by atomic mass is 10.0. The van der Waals surface area contributed by atoms with Crippen LogP contribution in [0.1, 0.15) is 24.8 Å². The third-order valence-electron chi connectivity index (χ3n) is 7.84. The fraction of sp³-hybridized carbons (Fsp3) is 0.379. The van der Waals surface area contributed by atoms with E-state index in [1.807, 2.05) is 30.5 Å². The largest absolute Gasteiger partial charge is 0.494 e. The number of hydrogen-bond acceptors (Lipinski definition) is 6. The number of likely N-dealkylation sites (tertiary alicyclic amines) is 1. The Morgan fingerprint density at radius 3 is 2.71 bits per heavy atom. The Labute approximate surface area is 227 Å². The number of anilines is 3. The minimum absolute atomic E-state index is 0.442. The zero-order chi connectivity index (χ0) is 26.2. The Kier molecular flexibility index (Phi) is 6.84. The number of alkyl halides is 1. The number of H-pyrrole nitrogens is 1. The number of aromatic nitrogens is 3. The van der Waals surface area contributed by atoms with E-state index in [4.69, 9.17) is 21.3 Å². The predicted octanol–water partition coefficient (Wildman–Crippen LogP) is 6.35. The monoisotopic (exact) mass is 534 g/mol. The number of para-hydroxylation sites is 1. The number of halogens is 2. The third kappa shape index (κ3) is 4.78. The first kappa shape index (κ1) is 24.9. The van der Waals surface area contributed by atoms with Gasteiger partial charge in [-0.2, -0.15) is 0 Å². The fourth-order valence-corrected chi connectivity index (χ4v) is 6.03. The normalized spacial score (nSPS) is 18.8. The van der Waals surface area contributed by atoms with Gasteiger partial charge in [-0.15, -0.1) is 0 Å². The van der Waals surface area contributed by atoms with Crippen LogP contribution in [-0.4, -0.2) is 65.4 Å². The number of fused-ring (bicyclic) bond motifs is 1. The average Bonchev–Trinajstić information content (AvgIpc) is 3.56. The molecule has 0 amide bonds. The van der Waals surface area contributed by atoms with Gasteiger partial charge in [-0.05, 0) is 43.9 Å². The second-order valence-corrected chi connectivity index (χ2v) is 10.6. The molecule has 2 aliphatic heterocycles. The summed E-state index contributed by atoms with van der Waals surface area (Å²) in [5.74, 6) is 1.16. The lowest BCUT2D eigenvalue weighted by Crippen LogP contribution is -2.44. The first-order valence-electron chi connectivity index (χ1n) is 13.2. The van der Waals surface area contributed by atoms with E-state index < -0.39 is 6.17 Å². The zero-order valence-electron chi connectivity index (χ0n) is 21.7. The number of benzene rings is 2. The number of ether oxygens (including phenoxy) is 1. The lowest BCUT2D eigenvalue weighted by Gasteiger charge is -2.38. The van der Waals surface area contributed by atoms with E-state index in [2.05, 4.69) is 44.1 Å². The van der Waals surface area contributed by atoms with Gasteiger partial charge in [0, 0.05) is 66.6 Å². The number of piperidine rings is 1. The van der Waals surface area contributed by atoms with Crippen molar-refractivity contribution in [1.29, 1.82) is 0 Å². The Balaban J connectivity index is 1.22. The van der Waals surface area contributed by atoms with Crippen LogP contribution in [0, 0.1) is 6.92 Å². The van der Waals surface area contributed by atoms with Crippen LogP contribution in [0.4, 0.5) is 21.7 Å². The number of nitrogens with zero attached hydrogens (tertiary/aromatic N) is 4. The van der Waals surface area contributed by atoms with Crippen LogP contribution in [0.5, 0.6) is 5.75 Å². The van der Waals surface area contributed by atoms with Gasteiger partial charge in [-0.3, -0.25) is 4.90 Å². The van der Waals surface area contributed by atoms with Crippen molar-refractivity contribution in [1.82, 2.24) is 19.9 Å². The van der Waals surface area contributed by atoms with E-state index in [-0.39, 0.29) is 0 Å². The average molecular weight is 535 g/mol. The molecule has 1 unspecified atom stereocenters. The number of rotatable bonds is 6. The van der Waals surface area contributed by atoms with Crippen LogP contribution in [0.2, 0.25) is 5.02 Å². The molecule has 38 heavy (non-hydrogen) atoms.